The Balaban J connectivity index is 1.86. The van der Waals surface area contributed by atoms with Crippen molar-refractivity contribution in [3.05, 3.63) is 12.2 Å². The second kappa shape index (κ2) is 6.21. The standard InChI is InChI=1S/C14H19BrO3/c1-3-5-6-10(16)12-8-14-13(18-12)7-11(17-14)9(15)4-2/h1,5-6,9-14,16H,4,7-8H2,2H3/b6-5+/t9?,10-,11-,12+,13+,14+/m1/s1. The van der Waals surface area contributed by atoms with Gasteiger partial charge in [0.15, 0.2) is 0 Å². The Hall–Kier alpha value is -0.340. The first-order chi connectivity index (χ1) is 8.65. The van der Waals surface area contributed by atoms with Gasteiger partial charge < -0.3 is 14.6 Å². The molecule has 6 atom stereocenters. The number of fused-ring (bicyclic) bond motifs is 1. The van der Waals surface area contributed by atoms with Crippen LogP contribution in [0.5, 0.6) is 0 Å². The minimum Gasteiger partial charge on any atom is -0.386 e. The maximum Gasteiger partial charge on any atom is 0.0992 e. The van der Waals surface area contributed by atoms with Gasteiger partial charge in [-0.15, -0.1) is 6.42 Å². The van der Waals surface area contributed by atoms with Crippen molar-refractivity contribution in [1.29, 1.82) is 0 Å². The van der Waals surface area contributed by atoms with E-state index in [1.807, 2.05) is 0 Å². The van der Waals surface area contributed by atoms with Crippen LogP contribution < -0.4 is 0 Å². The zero-order chi connectivity index (χ0) is 13.1. The molecule has 3 nitrogen and oxygen atoms in total. The van der Waals surface area contributed by atoms with E-state index < -0.39 is 6.10 Å². The summed E-state index contributed by atoms with van der Waals surface area (Å²) in [5, 5.41) is 9.88. The van der Waals surface area contributed by atoms with Gasteiger partial charge in [0, 0.05) is 17.7 Å². The molecule has 2 aliphatic heterocycles. The van der Waals surface area contributed by atoms with Crippen LogP contribution >= 0.6 is 15.9 Å². The Bertz CT molecular complexity index is 335. The zero-order valence-corrected chi connectivity index (χ0v) is 12.0. The Morgan fingerprint density at radius 2 is 2.00 bits per heavy atom. The van der Waals surface area contributed by atoms with Crippen molar-refractivity contribution in [2.75, 3.05) is 0 Å². The fourth-order valence-corrected chi connectivity index (χ4v) is 2.94. The van der Waals surface area contributed by atoms with E-state index in [0.29, 0.717) is 4.83 Å². The maximum absolute atomic E-state index is 9.88. The highest BCUT2D eigenvalue weighted by Gasteiger charge is 2.46. The van der Waals surface area contributed by atoms with E-state index in [2.05, 4.69) is 28.8 Å². The molecule has 100 valence electrons. The normalized spacial score (nSPS) is 38.6. The van der Waals surface area contributed by atoms with Crippen molar-refractivity contribution in [3.8, 4) is 12.3 Å². The number of rotatable bonds is 4. The van der Waals surface area contributed by atoms with Gasteiger partial charge in [-0.3, -0.25) is 0 Å². The maximum atomic E-state index is 9.88. The molecular weight excluding hydrogens is 296 g/mol. The number of ether oxygens (including phenoxy) is 2. The van der Waals surface area contributed by atoms with Crippen molar-refractivity contribution in [2.24, 2.45) is 0 Å². The van der Waals surface area contributed by atoms with Gasteiger partial charge in [-0.05, 0) is 18.6 Å². The van der Waals surface area contributed by atoms with E-state index in [1.54, 1.807) is 6.08 Å². The van der Waals surface area contributed by atoms with Crippen LogP contribution in [0.25, 0.3) is 0 Å². The fourth-order valence-electron chi connectivity index (χ4n) is 2.60. The molecule has 4 heteroatoms. The smallest absolute Gasteiger partial charge is 0.0992 e. The summed E-state index contributed by atoms with van der Waals surface area (Å²) < 4.78 is 11.8. The van der Waals surface area contributed by atoms with Crippen molar-refractivity contribution in [2.45, 2.75) is 61.5 Å². The first-order valence-electron chi connectivity index (χ1n) is 6.41. The van der Waals surface area contributed by atoms with Crippen molar-refractivity contribution < 1.29 is 14.6 Å². The highest BCUT2D eigenvalue weighted by atomic mass is 79.9. The Labute approximate surface area is 117 Å². The number of alkyl halides is 1. The zero-order valence-electron chi connectivity index (χ0n) is 10.5. The molecule has 0 amide bonds. The van der Waals surface area contributed by atoms with E-state index >= 15 is 0 Å². The SMILES string of the molecule is C#C/C=C/[C@@H](O)[C@@H]1C[C@@H]2O[C@@H](C(Br)CC)C[C@@H]2O1. The molecule has 2 fully saturated rings. The van der Waals surface area contributed by atoms with Gasteiger partial charge in [0.1, 0.15) is 0 Å². The van der Waals surface area contributed by atoms with Gasteiger partial charge in [0.2, 0.25) is 0 Å². The number of aliphatic hydroxyl groups excluding tert-OH is 1. The van der Waals surface area contributed by atoms with E-state index in [-0.39, 0.29) is 24.4 Å². The highest BCUT2D eigenvalue weighted by molar-refractivity contribution is 9.09. The summed E-state index contributed by atoms with van der Waals surface area (Å²) >= 11 is 3.63. The Morgan fingerprint density at radius 3 is 2.61 bits per heavy atom. The summed E-state index contributed by atoms with van der Waals surface area (Å²) in [7, 11) is 0. The van der Waals surface area contributed by atoms with Gasteiger partial charge in [-0.2, -0.15) is 0 Å². The molecule has 0 aliphatic carbocycles. The summed E-state index contributed by atoms with van der Waals surface area (Å²) in [5.74, 6) is 2.37. The average molecular weight is 315 g/mol. The monoisotopic (exact) mass is 314 g/mol. The van der Waals surface area contributed by atoms with Gasteiger partial charge in [0.25, 0.3) is 0 Å². The van der Waals surface area contributed by atoms with Gasteiger partial charge in [-0.25, -0.2) is 0 Å². The summed E-state index contributed by atoms with van der Waals surface area (Å²) in [6, 6.07) is 0. The molecule has 18 heavy (non-hydrogen) atoms. The molecule has 2 saturated heterocycles. The molecule has 0 radical (unpaired) electrons. The van der Waals surface area contributed by atoms with Crippen LogP contribution in [0.4, 0.5) is 0 Å². The molecule has 2 rings (SSSR count). The Kier molecular flexibility index (Phi) is 4.85. The third-order valence-corrected chi connectivity index (χ3v) is 4.84. The molecular formula is C14H19BrO3. The van der Waals surface area contributed by atoms with Gasteiger partial charge in [0.05, 0.1) is 30.5 Å². The fraction of sp³-hybridized carbons (Fsp3) is 0.714. The lowest BCUT2D eigenvalue weighted by Gasteiger charge is -2.20. The lowest BCUT2D eigenvalue weighted by Crippen LogP contribution is -2.27. The first-order valence-corrected chi connectivity index (χ1v) is 7.33. The summed E-state index contributed by atoms with van der Waals surface area (Å²) in [6.07, 6.45) is 10.5. The summed E-state index contributed by atoms with van der Waals surface area (Å²) in [4.78, 5) is 0.386. The van der Waals surface area contributed by atoms with E-state index in [0.717, 1.165) is 19.3 Å². The predicted octanol–water partition coefficient (Wildman–Crippen LogP) is 2.03. The predicted molar refractivity (Wildman–Crippen MR) is 73.5 cm³/mol. The molecule has 1 unspecified atom stereocenters. The molecule has 0 aromatic rings. The number of hydrogen-bond acceptors (Lipinski definition) is 3. The van der Waals surface area contributed by atoms with Crippen LogP contribution in [0.1, 0.15) is 26.2 Å². The van der Waals surface area contributed by atoms with Crippen molar-refractivity contribution >= 4 is 15.9 Å². The first kappa shape index (κ1) is 14.1. The number of hydrogen-bond donors (Lipinski definition) is 1. The van der Waals surface area contributed by atoms with Crippen LogP contribution in [0.3, 0.4) is 0 Å². The van der Waals surface area contributed by atoms with Crippen molar-refractivity contribution in [3.63, 3.8) is 0 Å². The van der Waals surface area contributed by atoms with Crippen LogP contribution in [0.15, 0.2) is 12.2 Å². The average Bonchev–Trinajstić information content (AvgIpc) is 2.92. The summed E-state index contributed by atoms with van der Waals surface area (Å²) in [6.45, 7) is 2.13. The molecule has 1 N–H and O–H groups in total. The van der Waals surface area contributed by atoms with E-state index in [9.17, 15) is 5.11 Å². The second-order valence-corrected chi connectivity index (χ2v) is 6.01. The number of aliphatic hydroxyl groups is 1. The quantitative estimate of drug-likeness (QED) is 0.637. The lowest BCUT2D eigenvalue weighted by molar-refractivity contribution is -0.0160. The highest BCUT2D eigenvalue weighted by Crippen LogP contribution is 2.38. The van der Waals surface area contributed by atoms with Gasteiger partial charge >= 0.3 is 0 Å². The summed E-state index contributed by atoms with van der Waals surface area (Å²) in [5.41, 5.74) is 0. The minimum atomic E-state index is -0.639. The lowest BCUT2D eigenvalue weighted by atomic mass is 10.1. The number of halogens is 1. The molecule has 0 saturated carbocycles. The molecule has 0 aromatic heterocycles. The molecule has 0 spiro atoms. The molecule has 0 bridgehead atoms. The number of terminal acetylenes is 1. The van der Waals surface area contributed by atoms with E-state index in [1.165, 1.54) is 6.08 Å². The Morgan fingerprint density at radius 1 is 1.39 bits per heavy atom. The molecule has 0 aromatic carbocycles. The van der Waals surface area contributed by atoms with Crippen LogP contribution in [0, 0.1) is 12.3 Å². The van der Waals surface area contributed by atoms with Gasteiger partial charge in [-0.1, -0.05) is 28.8 Å². The third kappa shape index (κ3) is 2.97. The van der Waals surface area contributed by atoms with Crippen LogP contribution in [0.2, 0.25) is 0 Å². The second-order valence-electron chi connectivity index (χ2n) is 4.84. The van der Waals surface area contributed by atoms with E-state index in [4.69, 9.17) is 15.9 Å². The number of allylic oxidation sites excluding steroid dienone is 1. The topological polar surface area (TPSA) is 38.7 Å². The molecule has 2 heterocycles. The molecule has 2 aliphatic rings. The van der Waals surface area contributed by atoms with Crippen LogP contribution in [-0.2, 0) is 9.47 Å². The largest absolute Gasteiger partial charge is 0.386 e. The minimum absolute atomic E-state index is 0.112. The van der Waals surface area contributed by atoms with Crippen molar-refractivity contribution in [1.82, 2.24) is 0 Å². The van der Waals surface area contributed by atoms with Crippen LogP contribution in [-0.4, -0.2) is 40.5 Å². The third-order valence-electron chi connectivity index (χ3n) is 3.61.